The Hall–Kier alpha value is -1.11. The van der Waals surface area contributed by atoms with Crippen LogP contribution in [0.25, 0.3) is 11.3 Å². The lowest BCUT2D eigenvalue weighted by Crippen LogP contribution is -2.05. The van der Waals surface area contributed by atoms with E-state index in [1.807, 2.05) is 6.07 Å². The molecule has 0 amide bonds. The quantitative estimate of drug-likeness (QED) is 0.513. The van der Waals surface area contributed by atoms with E-state index in [9.17, 15) is 5.26 Å². The van der Waals surface area contributed by atoms with Gasteiger partial charge in [0.2, 0.25) is 5.95 Å². The molecule has 0 saturated carbocycles. The van der Waals surface area contributed by atoms with Gasteiger partial charge in [0, 0.05) is 18.6 Å². The summed E-state index contributed by atoms with van der Waals surface area (Å²) in [6.45, 7) is 0. The van der Waals surface area contributed by atoms with Crippen LogP contribution in [0, 0.1) is 14.9 Å². The molecule has 0 aliphatic heterocycles. The number of nitrogens with two attached hydrogens (primary N) is 2. The van der Waals surface area contributed by atoms with E-state index < -0.39 is 0 Å². The maximum atomic E-state index is 9.18. The fourth-order valence-electron chi connectivity index (χ4n) is 1.53. The third-order valence-electron chi connectivity index (χ3n) is 2.31. The van der Waals surface area contributed by atoms with Gasteiger partial charge in [0.25, 0.3) is 0 Å². The van der Waals surface area contributed by atoms with Gasteiger partial charge in [-0.2, -0.15) is 10.2 Å². The average Bonchev–Trinajstić information content (AvgIpc) is 2.33. The second kappa shape index (κ2) is 5.48. The van der Waals surface area contributed by atoms with Crippen molar-refractivity contribution in [1.29, 1.82) is 5.26 Å². The summed E-state index contributed by atoms with van der Waals surface area (Å²) < 4.78 is 1.66. The third-order valence-corrected chi connectivity index (χ3v) is 4.98. The molecule has 0 aliphatic carbocycles. The highest BCUT2D eigenvalue weighted by atomic mass is 127. The predicted octanol–water partition coefficient (Wildman–Crippen LogP) is 3.20. The van der Waals surface area contributed by atoms with Crippen molar-refractivity contribution in [1.82, 2.24) is 9.97 Å². The van der Waals surface area contributed by atoms with Crippen molar-refractivity contribution in [3.05, 3.63) is 30.8 Å². The van der Waals surface area contributed by atoms with Crippen molar-refractivity contribution in [2.75, 3.05) is 11.5 Å². The number of benzene rings is 1. The van der Waals surface area contributed by atoms with Crippen molar-refractivity contribution < 1.29 is 0 Å². The first-order valence-electron chi connectivity index (χ1n) is 4.92. The minimum atomic E-state index is 0.00776. The van der Waals surface area contributed by atoms with E-state index in [-0.39, 0.29) is 17.3 Å². The summed E-state index contributed by atoms with van der Waals surface area (Å²) in [7, 11) is 0. The number of nitriles is 1. The molecule has 0 spiro atoms. The molecule has 96 valence electrons. The number of aromatic nitrogens is 2. The molecule has 8 heteroatoms. The van der Waals surface area contributed by atoms with Crippen molar-refractivity contribution in [3.63, 3.8) is 0 Å². The summed E-state index contributed by atoms with van der Waals surface area (Å²) in [6, 6.07) is 5.46. The first-order chi connectivity index (χ1) is 8.93. The van der Waals surface area contributed by atoms with Gasteiger partial charge in [-0.1, -0.05) is 11.6 Å². The summed E-state index contributed by atoms with van der Waals surface area (Å²) in [6.07, 6.45) is 0. The molecule has 1 aromatic heterocycles. The van der Waals surface area contributed by atoms with Crippen LogP contribution in [0.3, 0.4) is 0 Å². The summed E-state index contributed by atoms with van der Waals surface area (Å²) in [5.74, 6) is 0.0558. The predicted molar refractivity (Wildman–Crippen MR) is 86.4 cm³/mol. The Morgan fingerprint density at radius 3 is 2.63 bits per heavy atom. The first-order valence-corrected chi connectivity index (χ1v) is 7.17. The molecule has 19 heavy (non-hydrogen) atoms. The van der Waals surface area contributed by atoms with Gasteiger partial charge in [-0.05, 0) is 50.7 Å². The molecule has 4 N–H and O–H groups in total. The van der Waals surface area contributed by atoms with Crippen LogP contribution in [-0.4, -0.2) is 9.97 Å². The van der Waals surface area contributed by atoms with Crippen LogP contribution < -0.4 is 11.5 Å². The van der Waals surface area contributed by atoms with Crippen LogP contribution >= 0.6 is 50.1 Å². The van der Waals surface area contributed by atoms with E-state index in [1.54, 1.807) is 12.1 Å². The second-order valence-corrected chi connectivity index (χ2v) is 5.94. The number of nitrogens with zero attached hydrogens (tertiary/aromatic N) is 3. The monoisotopic (exact) mass is 449 g/mol. The molecular weight excluding hydrogens is 444 g/mol. The van der Waals surface area contributed by atoms with Gasteiger partial charge in [0.15, 0.2) is 0 Å². The minimum absolute atomic E-state index is 0.00776. The number of halogens is 3. The van der Waals surface area contributed by atoms with Crippen LogP contribution in [0.2, 0.25) is 5.02 Å². The molecule has 0 atom stereocenters. The van der Waals surface area contributed by atoms with Gasteiger partial charge in [0.05, 0.1) is 5.69 Å². The molecule has 0 fully saturated rings. The molecule has 0 saturated heterocycles. The molecule has 2 rings (SSSR count). The van der Waals surface area contributed by atoms with Crippen LogP contribution in [-0.2, 0) is 0 Å². The van der Waals surface area contributed by atoms with Crippen molar-refractivity contribution in [2.45, 2.75) is 0 Å². The molecule has 0 bridgehead atoms. The molecule has 5 nitrogen and oxygen atoms in total. The van der Waals surface area contributed by atoms with Crippen molar-refractivity contribution in [2.24, 2.45) is 0 Å². The van der Waals surface area contributed by atoms with Crippen LogP contribution in [0.15, 0.2) is 16.6 Å². The molecular formula is C11H6BrClIN5. The zero-order chi connectivity index (χ0) is 14.2. The summed E-state index contributed by atoms with van der Waals surface area (Å²) in [5, 5.41) is 9.71. The summed E-state index contributed by atoms with van der Waals surface area (Å²) in [5.41, 5.74) is 12.5. The summed E-state index contributed by atoms with van der Waals surface area (Å²) in [4.78, 5) is 7.87. The van der Waals surface area contributed by atoms with Gasteiger partial charge in [-0.25, -0.2) is 4.98 Å². The normalized spacial score (nSPS) is 10.2. The lowest BCUT2D eigenvalue weighted by molar-refractivity contribution is 1.18. The number of hydrogen-bond donors (Lipinski definition) is 2. The maximum Gasteiger partial charge on any atom is 0.222 e. The Morgan fingerprint density at radius 1 is 1.32 bits per heavy atom. The highest BCUT2D eigenvalue weighted by Gasteiger charge is 2.17. The SMILES string of the molecule is N#Cc1c(N)nc(N)nc1-c1cc(Cl)cc(I)c1Br. The van der Waals surface area contributed by atoms with Crippen LogP contribution in [0.1, 0.15) is 5.56 Å². The maximum absolute atomic E-state index is 9.18. The lowest BCUT2D eigenvalue weighted by atomic mass is 10.1. The molecule has 0 radical (unpaired) electrons. The average molecular weight is 450 g/mol. The molecule has 1 aromatic carbocycles. The molecule has 2 aromatic rings. The Balaban J connectivity index is 2.83. The van der Waals surface area contributed by atoms with Crippen molar-refractivity contribution in [3.8, 4) is 17.3 Å². The Morgan fingerprint density at radius 2 is 2.00 bits per heavy atom. The summed E-state index contributed by atoms with van der Waals surface area (Å²) >= 11 is 11.6. The second-order valence-electron chi connectivity index (χ2n) is 3.55. The molecule has 0 unspecified atom stereocenters. The van der Waals surface area contributed by atoms with Gasteiger partial charge >= 0.3 is 0 Å². The Bertz CT molecular complexity index is 713. The first kappa shape index (κ1) is 14.3. The van der Waals surface area contributed by atoms with E-state index in [4.69, 9.17) is 23.1 Å². The third kappa shape index (κ3) is 2.75. The Labute approximate surface area is 136 Å². The largest absolute Gasteiger partial charge is 0.382 e. The zero-order valence-electron chi connectivity index (χ0n) is 9.28. The molecule has 0 aliphatic rings. The van der Waals surface area contributed by atoms with Crippen LogP contribution in [0.5, 0.6) is 0 Å². The van der Waals surface area contributed by atoms with E-state index in [0.29, 0.717) is 16.3 Å². The zero-order valence-corrected chi connectivity index (χ0v) is 13.8. The standard InChI is InChI=1S/C11H6BrClIN5/c12-8-5(1-4(13)2-7(8)14)9-6(3-15)10(16)19-11(17)18-9/h1-2H,(H4,16,17,18,19). The van der Waals surface area contributed by atoms with E-state index in [2.05, 4.69) is 48.5 Å². The van der Waals surface area contributed by atoms with Gasteiger partial charge in [-0.3, -0.25) is 0 Å². The highest BCUT2D eigenvalue weighted by molar-refractivity contribution is 14.1. The number of anilines is 2. The smallest absolute Gasteiger partial charge is 0.222 e. The van der Waals surface area contributed by atoms with Gasteiger partial charge in [0.1, 0.15) is 17.5 Å². The van der Waals surface area contributed by atoms with E-state index in [1.165, 1.54) is 0 Å². The van der Waals surface area contributed by atoms with Crippen LogP contribution in [0.4, 0.5) is 11.8 Å². The Kier molecular flexibility index (Phi) is 4.13. The highest BCUT2D eigenvalue weighted by Crippen LogP contribution is 2.36. The van der Waals surface area contributed by atoms with Gasteiger partial charge < -0.3 is 11.5 Å². The molecule has 1 heterocycles. The fourth-order valence-corrected chi connectivity index (χ4v) is 2.97. The fraction of sp³-hybridized carbons (Fsp3) is 0. The number of nitrogen functional groups attached to an aromatic ring is 2. The van der Waals surface area contributed by atoms with Crippen molar-refractivity contribution >= 4 is 61.9 Å². The van der Waals surface area contributed by atoms with E-state index >= 15 is 0 Å². The van der Waals surface area contributed by atoms with E-state index in [0.717, 1.165) is 8.04 Å². The topological polar surface area (TPSA) is 102 Å². The number of hydrogen-bond acceptors (Lipinski definition) is 5. The lowest BCUT2D eigenvalue weighted by Gasteiger charge is -2.10. The van der Waals surface area contributed by atoms with Gasteiger partial charge in [-0.15, -0.1) is 0 Å². The minimum Gasteiger partial charge on any atom is -0.382 e. The number of rotatable bonds is 1.